The van der Waals surface area contributed by atoms with Crippen molar-refractivity contribution in [1.82, 2.24) is 0 Å². The molecular formula is C15H23NO4S. The third-order valence-corrected chi connectivity index (χ3v) is 4.10. The van der Waals surface area contributed by atoms with E-state index in [0.29, 0.717) is 17.8 Å². The summed E-state index contributed by atoms with van der Waals surface area (Å²) >= 11 is 0. The maximum atomic E-state index is 12.0. The second-order valence-corrected chi connectivity index (χ2v) is 6.10. The summed E-state index contributed by atoms with van der Waals surface area (Å²) < 4.78 is 29.0. The van der Waals surface area contributed by atoms with Gasteiger partial charge in [-0.3, -0.25) is 4.31 Å². The van der Waals surface area contributed by atoms with Crippen LogP contribution in [0.1, 0.15) is 55.5 Å². The van der Waals surface area contributed by atoms with E-state index in [4.69, 9.17) is 4.74 Å². The van der Waals surface area contributed by atoms with Gasteiger partial charge in [-0.15, -0.1) is 0 Å². The number of benzene rings is 1. The Balaban J connectivity index is 3.34. The molecule has 1 rings (SSSR count). The molecule has 21 heavy (non-hydrogen) atoms. The fourth-order valence-electron chi connectivity index (χ4n) is 2.01. The van der Waals surface area contributed by atoms with Gasteiger partial charge in [0.05, 0.1) is 18.4 Å². The van der Waals surface area contributed by atoms with Gasteiger partial charge in [0.1, 0.15) is 0 Å². The summed E-state index contributed by atoms with van der Waals surface area (Å²) in [5.74, 6) is -0.279. The first kappa shape index (κ1) is 17.5. The van der Waals surface area contributed by atoms with Gasteiger partial charge in [0.2, 0.25) is 10.9 Å². The SMILES string of the molecule is CCCCN(c1ccc(C(C)C)cc1C(=O)OC)[SH](=O)=O. The average Bonchev–Trinajstić information content (AvgIpc) is 2.46. The number of rotatable bonds is 7. The van der Waals surface area contributed by atoms with E-state index < -0.39 is 16.9 Å². The number of ether oxygens (including phenoxy) is 1. The fraction of sp³-hybridized carbons (Fsp3) is 0.533. The van der Waals surface area contributed by atoms with Crippen molar-refractivity contribution in [3.05, 3.63) is 29.3 Å². The molecule has 118 valence electrons. The Hall–Kier alpha value is -1.56. The number of hydrogen-bond donors (Lipinski definition) is 1. The summed E-state index contributed by atoms with van der Waals surface area (Å²) in [6.45, 7) is 6.37. The maximum Gasteiger partial charge on any atom is 0.340 e. The number of carbonyl (C=O) groups excluding carboxylic acids is 1. The summed E-state index contributed by atoms with van der Waals surface area (Å²) in [7, 11) is -1.50. The van der Waals surface area contributed by atoms with Crippen LogP contribution in [0.2, 0.25) is 0 Å². The molecule has 0 fully saturated rings. The number of thiol groups is 1. The van der Waals surface area contributed by atoms with Crippen molar-refractivity contribution < 1.29 is 17.9 Å². The molecule has 0 bridgehead atoms. The third kappa shape index (κ3) is 4.46. The minimum absolute atomic E-state index is 0.243. The molecule has 0 aromatic heterocycles. The van der Waals surface area contributed by atoms with Gasteiger partial charge in [-0.2, -0.15) is 0 Å². The van der Waals surface area contributed by atoms with Crippen molar-refractivity contribution in [1.29, 1.82) is 0 Å². The average molecular weight is 313 g/mol. The molecule has 0 unspecified atom stereocenters. The minimum Gasteiger partial charge on any atom is -0.465 e. The van der Waals surface area contributed by atoms with Crippen molar-refractivity contribution in [2.24, 2.45) is 0 Å². The van der Waals surface area contributed by atoms with E-state index in [-0.39, 0.29) is 5.92 Å². The lowest BCUT2D eigenvalue weighted by Crippen LogP contribution is -2.25. The van der Waals surface area contributed by atoms with Crippen LogP contribution in [0.25, 0.3) is 0 Å². The Labute approximate surface area is 128 Å². The van der Waals surface area contributed by atoms with Crippen LogP contribution in [-0.4, -0.2) is 28.0 Å². The molecule has 0 radical (unpaired) electrons. The lowest BCUT2D eigenvalue weighted by molar-refractivity contribution is 0.0601. The summed E-state index contributed by atoms with van der Waals surface area (Å²) in [5.41, 5.74) is 1.64. The van der Waals surface area contributed by atoms with Gasteiger partial charge >= 0.3 is 5.97 Å². The molecule has 0 aliphatic heterocycles. The zero-order chi connectivity index (χ0) is 16.0. The normalized spacial score (nSPS) is 11.0. The number of nitrogens with zero attached hydrogens (tertiary/aromatic N) is 1. The van der Waals surface area contributed by atoms with Crippen LogP contribution in [-0.2, 0) is 15.6 Å². The molecule has 6 heteroatoms. The molecule has 0 atom stereocenters. The number of unbranched alkanes of at least 4 members (excludes halogenated alkanes) is 1. The topological polar surface area (TPSA) is 63.7 Å². The minimum atomic E-state index is -2.80. The summed E-state index contributed by atoms with van der Waals surface area (Å²) in [6, 6.07) is 5.25. The van der Waals surface area contributed by atoms with Crippen molar-refractivity contribution in [3.63, 3.8) is 0 Å². The van der Waals surface area contributed by atoms with Crippen LogP contribution < -0.4 is 4.31 Å². The molecule has 0 saturated carbocycles. The molecule has 0 aliphatic rings. The Morgan fingerprint density at radius 3 is 2.48 bits per heavy atom. The van der Waals surface area contributed by atoms with Crippen LogP contribution in [0.15, 0.2) is 18.2 Å². The number of methoxy groups -OCH3 is 1. The van der Waals surface area contributed by atoms with Crippen LogP contribution in [0.3, 0.4) is 0 Å². The predicted molar refractivity (Wildman–Crippen MR) is 84.4 cm³/mol. The molecule has 0 saturated heterocycles. The highest BCUT2D eigenvalue weighted by Gasteiger charge is 2.19. The number of anilines is 1. The molecule has 0 spiro atoms. The summed E-state index contributed by atoms with van der Waals surface area (Å²) in [4.78, 5) is 12.0. The molecule has 0 heterocycles. The van der Waals surface area contributed by atoms with Gasteiger partial charge in [-0.25, -0.2) is 13.2 Å². The van der Waals surface area contributed by atoms with Crippen LogP contribution in [0.4, 0.5) is 5.69 Å². The van der Waals surface area contributed by atoms with Gasteiger partial charge in [0.25, 0.3) is 0 Å². The monoisotopic (exact) mass is 313 g/mol. The number of carbonyl (C=O) groups is 1. The molecule has 0 amide bonds. The van der Waals surface area contributed by atoms with E-state index >= 15 is 0 Å². The van der Waals surface area contributed by atoms with E-state index in [2.05, 4.69) is 0 Å². The largest absolute Gasteiger partial charge is 0.465 e. The Bertz CT molecular complexity index is 559. The van der Waals surface area contributed by atoms with E-state index in [1.807, 2.05) is 26.8 Å². The van der Waals surface area contributed by atoms with Gasteiger partial charge in [0.15, 0.2) is 0 Å². The first-order valence-corrected chi connectivity index (χ1v) is 8.19. The standard InChI is InChI=1S/C15H23NO4S/c1-5-6-9-16(21(18)19)14-8-7-12(11(2)3)10-13(14)15(17)20-4/h7-8,10-11,21H,5-6,9H2,1-4H3. The van der Waals surface area contributed by atoms with Gasteiger partial charge in [-0.1, -0.05) is 33.3 Å². The second-order valence-electron chi connectivity index (χ2n) is 5.14. The van der Waals surface area contributed by atoms with E-state index in [9.17, 15) is 13.2 Å². The molecule has 5 nitrogen and oxygen atoms in total. The predicted octanol–water partition coefficient (Wildman–Crippen LogP) is 2.73. The van der Waals surface area contributed by atoms with Crippen LogP contribution >= 0.6 is 0 Å². The highest BCUT2D eigenvalue weighted by atomic mass is 32.2. The first-order valence-electron chi connectivity index (χ1n) is 7.06. The first-order chi connectivity index (χ1) is 9.92. The van der Waals surface area contributed by atoms with Crippen molar-refractivity contribution in [2.75, 3.05) is 18.0 Å². The van der Waals surface area contributed by atoms with E-state index in [1.165, 1.54) is 11.4 Å². The maximum absolute atomic E-state index is 12.0. The van der Waals surface area contributed by atoms with Crippen LogP contribution in [0, 0.1) is 0 Å². The fourth-order valence-corrected chi connectivity index (χ4v) is 2.66. The zero-order valence-corrected chi connectivity index (χ0v) is 13.9. The molecule has 1 aromatic rings. The molecule has 0 N–H and O–H groups in total. The smallest absolute Gasteiger partial charge is 0.340 e. The Kier molecular flexibility index (Phi) is 6.68. The lowest BCUT2D eigenvalue weighted by atomic mass is 9.99. The van der Waals surface area contributed by atoms with E-state index in [1.54, 1.807) is 12.1 Å². The molecule has 1 aromatic carbocycles. The van der Waals surface area contributed by atoms with E-state index in [0.717, 1.165) is 18.4 Å². The summed E-state index contributed by atoms with van der Waals surface area (Å²) in [5, 5.41) is 0. The number of hydrogen-bond acceptors (Lipinski definition) is 4. The lowest BCUT2D eigenvalue weighted by Gasteiger charge is -2.21. The van der Waals surface area contributed by atoms with Gasteiger partial charge in [-0.05, 0) is 30.0 Å². The van der Waals surface area contributed by atoms with Gasteiger partial charge < -0.3 is 4.74 Å². The Morgan fingerprint density at radius 2 is 2.00 bits per heavy atom. The summed E-state index contributed by atoms with van der Waals surface area (Å²) in [6.07, 6.45) is 1.60. The molecular weight excluding hydrogens is 290 g/mol. The molecule has 0 aliphatic carbocycles. The quantitative estimate of drug-likeness (QED) is 0.621. The third-order valence-electron chi connectivity index (χ3n) is 3.29. The zero-order valence-electron chi connectivity index (χ0n) is 13.0. The van der Waals surface area contributed by atoms with Crippen molar-refractivity contribution in [2.45, 2.75) is 39.5 Å². The second kappa shape index (κ2) is 8.02. The van der Waals surface area contributed by atoms with Crippen LogP contribution in [0.5, 0.6) is 0 Å². The van der Waals surface area contributed by atoms with Crippen molar-refractivity contribution >= 4 is 22.5 Å². The number of esters is 1. The highest BCUT2D eigenvalue weighted by molar-refractivity contribution is 7.74. The van der Waals surface area contributed by atoms with Gasteiger partial charge in [0, 0.05) is 6.54 Å². The Morgan fingerprint density at radius 1 is 1.33 bits per heavy atom. The van der Waals surface area contributed by atoms with Crippen molar-refractivity contribution in [3.8, 4) is 0 Å². The highest BCUT2D eigenvalue weighted by Crippen LogP contribution is 2.26.